The van der Waals surface area contributed by atoms with Gasteiger partial charge in [0.1, 0.15) is 0 Å². The third-order valence-corrected chi connectivity index (χ3v) is 4.90. The van der Waals surface area contributed by atoms with E-state index in [1.165, 1.54) is 51.6 Å². The average Bonchev–Trinajstić information content (AvgIpc) is 3.00. The molecule has 0 aromatic rings. The van der Waals surface area contributed by atoms with E-state index in [9.17, 15) is 0 Å². The Labute approximate surface area is 111 Å². The third kappa shape index (κ3) is 2.87. The van der Waals surface area contributed by atoms with Crippen molar-refractivity contribution in [2.75, 3.05) is 39.8 Å². The minimum Gasteiger partial charge on any atom is -0.370 e. The molecule has 3 rings (SSSR count). The Morgan fingerprint density at radius 3 is 2.56 bits per heavy atom. The highest BCUT2D eigenvalue weighted by atomic mass is 16.5. The molecule has 1 atom stereocenters. The van der Waals surface area contributed by atoms with Crippen molar-refractivity contribution in [1.82, 2.24) is 15.3 Å². The van der Waals surface area contributed by atoms with Gasteiger partial charge in [-0.15, -0.1) is 0 Å². The second-order valence-corrected chi connectivity index (χ2v) is 6.32. The van der Waals surface area contributed by atoms with E-state index in [0.717, 1.165) is 19.6 Å². The van der Waals surface area contributed by atoms with Crippen LogP contribution in [0.5, 0.6) is 0 Å². The fraction of sp³-hybridized carbons (Fsp3) is 1.00. The van der Waals surface area contributed by atoms with Gasteiger partial charge in [-0.1, -0.05) is 12.8 Å². The van der Waals surface area contributed by atoms with E-state index in [1.54, 1.807) is 0 Å². The van der Waals surface area contributed by atoms with E-state index in [1.807, 2.05) is 0 Å². The molecule has 1 spiro atoms. The molecule has 0 amide bonds. The van der Waals surface area contributed by atoms with Gasteiger partial charge < -0.3 is 9.64 Å². The Kier molecular flexibility index (Phi) is 3.89. The van der Waals surface area contributed by atoms with Crippen LogP contribution in [-0.2, 0) is 4.74 Å². The van der Waals surface area contributed by atoms with Crippen LogP contribution >= 0.6 is 0 Å². The number of rotatable bonds is 3. The van der Waals surface area contributed by atoms with Crippen molar-refractivity contribution in [2.24, 2.45) is 0 Å². The molecule has 1 unspecified atom stereocenters. The smallest absolute Gasteiger partial charge is 0.0722 e. The molecular weight excluding hydrogens is 226 g/mol. The molecule has 2 heterocycles. The largest absolute Gasteiger partial charge is 0.370 e. The summed E-state index contributed by atoms with van der Waals surface area (Å²) in [5.41, 5.74) is 3.86. The van der Waals surface area contributed by atoms with Crippen molar-refractivity contribution in [3.8, 4) is 0 Å². The van der Waals surface area contributed by atoms with Gasteiger partial charge in [-0.2, -0.15) is 0 Å². The molecule has 0 aromatic carbocycles. The summed E-state index contributed by atoms with van der Waals surface area (Å²) in [6, 6.07) is 0. The Balaban J connectivity index is 1.39. The van der Waals surface area contributed by atoms with E-state index in [-0.39, 0.29) is 5.60 Å². The summed E-state index contributed by atoms with van der Waals surface area (Å²) in [5.74, 6) is 0. The quantitative estimate of drug-likeness (QED) is 0.819. The van der Waals surface area contributed by atoms with Gasteiger partial charge in [0.25, 0.3) is 0 Å². The minimum absolute atomic E-state index is 0.286. The fourth-order valence-electron chi connectivity index (χ4n) is 3.62. The van der Waals surface area contributed by atoms with Crippen molar-refractivity contribution in [2.45, 2.75) is 50.2 Å². The summed E-state index contributed by atoms with van der Waals surface area (Å²) in [6.45, 7) is 5.61. The van der Waals surface area contributed by atoms with Crippen molar-refractivity contribution in [3.63, 3.8) is 0 Å². The molecule has 2 saturated heterocycles. The second-order valence-electron chi connectivity index (χ2n) is 6.32. The van der Waals surface area contributed by atoms with Crippen molar-refractivity contribution < 1.29 is 4.74 Å². The number of nitrogens with one attached hydrogen (secondary N) is 1. The first-order chi connectivity index (χ1) is 8.76. The molecule has 1 N–H and O–H groups in total. The first-order valence-corrected chi connectivity index (χ1v) is 7.61. The van der Waals surface area contributed by atoms with Gasteiger partial charge in [0.05, 0.1) is 11.7 Å². The Morgan fingerprint density at radius 2 is 1.83 bits per heavy atom. The number of hydrogen-bond donors (Lipinski definition) is 1. The summed E-state index contributed by atoms with van der Waals surface area (Å²) in [7, 11) is 2.20. The molecule has 1 saturated carbocycles. The second kappa shape index (κ2) is 5.45. The topological polar surface area (TPSA) is 27.7 Å². The molecular formula is C14H27N3O. The molecule has 2 aliphatic heterocycles. The summed E-state index contributed by atoms with van der Waals surface area (Å²) in [5, 5.41) is 2.36. The number of ether oxygens (including phenoxy) is 1. The van der Waals surface area contributed by atoms with Gasteiger partial charge >= 0.3 is 0 Å². The highest BCUT2D eigenvalue weighted by molar-refractivity contribution is 4.93. The van der Waals surface area contributed by atoms with Crippen molar-refractivity contribution in [1.29, 1.82) is 0 Å². The molecule has 4 nitrogen and oxygen atoms in total. The van der Waals surface area contributed by atoms with Gasteiger partial charge in [0.15, 0.2) is 0 Å². The summed E-state index contributed by atoms with van der Waals surface area (Å²) in [6.07, 6.45) is 8.35. The maximum atomic E-state index is 6.32. The van der Waals surface area contributed by atoms with Crippen LogP contribution in [0.25, 0.3) is 0 Å². The standard InChI is InChI=1S/C14H27N3O/c1-16-8-10-17(11-9-16)15-12-13-4-7-14(18-13)5-2-3-6-14/h13,15H,2-12H2,1H3. The van der Waals surface area contributed by atoms with Crippen LogP contribution in [0.1, 0.15) is 38.5 Å². The highest BCUT2D eigenvalue weighted by Gasteiger charge is 2.41. The zero-order valence-electron chi connectivity index (χ0n) is 11.7. The lowest BCUT2D eigenvalue weighted by molar-refractivity contribution is -0.0435. The Bertz CT molecular complexity index is 270. The van der Waals surface area contributed by atoms with Crippen LogP contribution in [0, 0.1) is 0 Å². The van der Waals surface area contributed by atoms with Crippen LogP contribution in [0.2, 0.25) is 0 Å². The zero-order valence-corrected chi connectivity index (χ0v) is 11.7. The highest BCUT2D eigenvalue weighted by Crippen LogP contribution is 2.43. The lowest BCUT2D eigenvalue weighted by atomic mass is 9.98. The first-order valence-electron chi connectivity index (χ1n) is 7.61. The summed E-state index contributed by atoms with van der Waals surface area (Å²) >= 11 is 0. The number of likely N-dealkylation sites (N-methyl/N-ethyl adjacent to an activating group) is 1. The predicted octanol–water partition coefficient (Wildman–Crippen LogP) is 1.23. The van der Waals surface area contributed by atoms with Gasteiger partial charge in [-0.3, -0.25) is 5.43 Å². The van der Waals surface area contributed by atoms with Gasteiger partial charge in [-0.05, 0) is 32.7 Å². The molecule has 104 valence electrons. The predicted molar refractivity (Wildman–Crippen MR) is 72.4 cm³/mol. The monoisotopic (exact) mass is 253 g/mol. The minimum atomic E-state index is 0.286. The summed E-state index contributed by atoms with van der Waals surface area (Å²) in [4.78, 5) is 2.39. The van der Waals surface area contributed by atoms with Gasteiger partial charge in [0.2, 0.25) is 0 Å². The van der Waals surface area contributed by atoms with E-state index in [2.05, 4.69) is 22.4 Å². The van der Waals surface area contributed by atoms with E-state index in [0.29, 0.717) is 6.10 Å². The fourth-order valence-corrected chi connectivity index (χ4v) is 3.62. The zero-order chi connectivity index (χ0) is 12.4. The Hall–Kier alpha value is -0.160. The molecule has 3 aliphatic rings. The summed E-state index contributed by atoms with van der Waals surface area (Å²) < 4.78 is 6.32. The molecule has 0 bridgehead atoms. The number of nitrogens with zero attached hydrogens (tertiary/aromatic N) is 2. The maximum Gasteiger partial charge on any atom is 0.0722 e. The van der Waals surface area contributed by atoms with Crippen LogP contribution < -0.4 is 5.43 Å². The molecule has 1 aliphatic carbocycles. The lowest BCUT2D eigenvalue weighted by Crippen LogP contribution is -2.52. The van der Waals surface area contributed by atoms with Crippen LogP contribution in [0.15, 0.2) is 0 Å². The first kappa shape index (κ1) is 12.9. The third-order valence-electron chi connectivity index (χ3n) is 4.90. The van der Waals surface area contributed by atoms with Gasteiger partial charge in [-0.25, -0.2) is 5.01 Å². The molecule has 0 aromatic heterocycles. The normalized spacial score (nSPS) is 33.5. The molecule has 18 heavy (non-hydrogen) atoms. The van der Waals surface area contributed by atoms with Crippen LogP contribution in [-0.4, -0.2) is 61.4 Å². The number of piperazine rings is 1. The van der Waals surface area contributed by atoms with E-state index in [4.69, 9.17) is 4.74 Å². The average molecular weight is 253 g/mol. The van der Waals surface area contributed by atoms with E-state index >= 15 is 0 Å². The van der Waals surface area contributed by atoms with Crippen molar-refractivity contribution >= 4 is 0 Å². The van der Waals surface area contributed by atoms with Crippen LogP contribution in [0.3, 0.4) is 0 Å². The number of hydrogen-bond acceptors (Lipinski definition) is 4. The van der Waals surface area contributed by atoms with Crippen molar-refractivity contribution in [3.05, 3.63) is 0 Å². The number of hydrazine groups is 1. The van der Waals surface area contributed by atoms with E-state index < -0.39 is 0 Å². The Morgan fingerprint density at radius 1 is 1.11 bits per heavy atom. The molecule has 4 heteroatoms. The SMILES string of the molecule is CN1CCN(NCC2CCC3(CCCC3)O2)CC1. The molecule has 0 radical (unpaired) electrons. The maximum absolute atomic E-state index is 6.32. The lowest BCUT2D eigenvalue weighted by Gasteiger charge is -2.33. The van der Waals surface area contributed by atoms with Crippen LogP contribution in [0.4, 0.5) is 0 Å². The van der Waals surface area contributed by atoms with Gasteiger partial charge in [0, 0.05) is 32.7 Å². The molecule has 3 fully saturated rings.